The summed E-state index contributed by atoms with van der Waals surface area (Å²) in [5.41, 5.74) is 1.34. The Morgan fingerprint density at radius 3 is 2.74 bits per heavy atom. The van der Waals surface area contributed by atoms with Crippen LogP contribution in [0.3, 0.4) is 0 Å². The van der Waals surface area contributed by atoms with E-state index in [4.69, 9.17) is 0 Å². The zero-order valence-electron chi connectivity index (χ0n) is 11.3. The minimum absolute atomic E-state index is 0.102. The van der Waals surface area contributed by atoms with E-state index in [-0.39, 0.29) is 17.7 Å². The van der Waals surface area contributed by atoms with Crippen LogP contribution in [0.5, 0.6) is 0 Å². The van der Waals surface area contributed by atoms with Crippen LogP contribution in [0.2, 0.25) is 0 Å². The number of rotatable bonds is 2. The molecule has 1 amide bonds. The highest BCUT2D eigenvalue weighted by atomic mass is 16.3. The third-order valence-corrected chi connectivity index (χ3v) is 4.59. The third-order valence-electron chi connectivity index (χ3n) is 4.59. The van der Waals surface area contributed by atoms with Crippen LogP contribution in [-0.2, 0) is 4.79 Å². The molecule has 2 aliphatic carbocycles. The predicted octanol–water partition coefficient (Wildman–Crippen LogP) is 2.50. The minimum Gasteiger partial charge on any atom is -0.511 e. The number of allylic oxidation sites excluding steroid dienone is 1. The Morgan fingerprint density at radius 1 is 1.16 bits per heavy atom. The second-order valence-corrected chi connectivity index (χ2v) is 5.92. The first-order valence-electron chi connectivity index (χ1n) is 7.53. The molecule has 104 valence electrons. The summed E-state index contributed by atoms with van der Waals surface area (Å²) in [6.45, 7) is 0.799. The second kappa shape index (κ2) is 5.35. The smallest absolute Gasteiger partial charge is 0.256 e. The van der Waals surface area contributed by atoms with Gasteiger partial charge in [-0.25, -0.2) is 0 Å². The number of aliphatic hydroxyl groups is 1. The van der Waals surface area contributed by atoms with E-state index in [1.807, 2.05) is 0 Å². The van der Waals surface area contributed by atoms with Gasteiger partial charge in [-0.15, -0.1) is 0 Å². The fraction of sp³-hybridized carbons (Fsp3) is 0.733. The zero-order valence-corrected chi connectivity index (χ0v) is 11.3. The summed E-state index contributed by atoms with van der Waals surface area (Å²) in [6, 6.07) is 0.281. The van der Waals surface area contributed by atoms with Crippen LogP contribution in [-0.4, -0.2) is 29.3 Å². The number of hydrogen-bond acceptors (Lipinski definition) is 3. The Balaban J connectivity index is 1.73. The van der Waals surface area contributed by atoms with Crippen LogP contribution in [0.25, 0.3) is 0 Å². The average Bonchev–Trinajstić information content (AvgIpc) is 2.87. The van der Waals surface area contributed by atoms with Gasteiger partial charge >= 0.3 is 0 Å². The first-order chi connectivity index (χ1) is 9.25. The quantitative estimate of drug-likeness (QED) is 0.803. The number of carbonyl (C=O) groups is 1. The zero-order chi connectivity index (χ0) is 13.2. The van der Waals surface area contributed by atoms with Gasteiger partial charge in [-0.3, -0.25) is 9.79 Å². The van der Waals surface area contributed by atoms with E-state index in [2.05, 4.69) is 10.3 Å². The summed E-state index contributed by atoms with van der Waals surface area (Å²) < 4.78 is 0. The maximum atomic E-state index is 12.4. The molecule has 1 aliphatic heterocycles. The molecule has 0 aromatic carbocycles. The molecule has 0 aromatic heterocycles. The van der Waals surface area contributed by atoms with Gasteiger partial charge < -0.3 is 10.4 Å². The fourth-order valence-corrected chi connectivity index (χ4v) is 3.51. The molecule has 1 unspecified atom stereocenters. The third kappa shape index (κ3) is 2.53. The number of carbonyl (C=O) groups excluding carboxylic acids is 1. The number of aliphatic hydroxyl groups excluding tert-OH is 1. The van der Waals surface area contributed by atoms with Crippen molar-refractivity contribution in [1.29, 1.82) is 0 Å². The summed E-state index contributed by atoms with van der Waals surface area (Å²) in [4.78, 5) is 16.9. The van der Waals surface area contributed by atoms with Crippen LogP contribution >= 0.6 is 0 Å². The number of nitrogens with zero attached hydrogens (tertiary/aromatic N) is 1. The molecular weight excluding hydrogens is 240 g/mol. The molecule has 1 heterocycles. The van der Waals surface area contributed by atoms with Crippen molar-refractivity contribution in [2.45, 2.75) is 57.4 Å². The van der Waals surface area contributed by atoms with Gasteiger partial charge in [0.05, 0.1) is 11.3 Å². The van der Waals surface area contributed by atoms with Crippen molar-refractivity contribution < 1.29 is 9.90 Å². The summed E-state index contributed by atoms with van der Waals surface area (Å²) in [5.74, 6) is 0.531. The number of hydrogen-bond donors (Lipinski definition) is 2. The van der Waals surface area contributed by atoms with Crippen molar-refractivity contribution >= 4 is 11.6 Å². The SMILES string of the molecule is O=C(NC1CCCCC1)C1=C(O)CCC2CCN=C12. The molecule has 1 saturated carbocycles. The van der Waals surface area contributed by atoms with Gasteiger partial charge in [0.1, 0.15) is 5.76 Å². The number of fused-ring (bicyclic) bond motifs is 1. The molecule has 4 heteroatoms. The maximum Gasteiger partial charge on any atom is 0.256 e. The van der Waals surface area contributed by atoms with Gasteiger partial charge in [0.2, 0.25) is 0 Å². The number of amides is 1. The Morgan fingerprint density at radius 2 is 1.95 bits per heavy atom. The summed E-state index contributed by atoms with van der Waals surface area (Å²) in [6.07, 6.45) is 8.38. The van der Waals surface area contributed by atoms with Crippen molar-refractivity contribution in [3.8, 4) is 0 Å². The Hall–Kier alpha value is -1.32. The topological polar surface area (TPSA) is 61.7 Å². The molecule has 19 heavy (non-hydrogen) atoms. The van der Waals surface area contributed by atoms with Crippen LogP contribution in [0.15, 0.2) is 16.3 Å². The molecule has 0 aromatic rings. The van der Waals surface area contributed by atoms with E-state index in [1.165, 1.54) is 19.3 Å². The highest BCUT2D eigenvalue weighted by Gasteiger charge is 2.34. The molecule has 0 bridgehead atoms. The molecule has 0 saturated heterocycles. The lowest BCUT2D eigenvalue weighted by Gasteiger charge is -2.26. The summed E-state index contributed by atoms with van der Waals surface area (Å²) in [7, 11) is 0. The van der Waals surface area contributed by atoms with Crippen molar-refractivity contribution in [2.75, 3.05) is 6.54 Å². The average molecular weight is 262 g/mol. The Bertz CT molecular complexity index is 433. The highest BCUT2D eigenvalue weighted by Crippen LogP contribution is 2.32. The molecular formula is C15H22N2O2. The van der Waals surface area contributed by atoms with E-state index in [1.54, 1.807) is 0 Å². The predicted molar refractivity (Wildman–Crippen MR) is 74.3 cm³/mol. The van der Waals surface area contributed by atoms with Gasteiger partial charge in [-0.1, -0.05) is 19.3 Å². The standard InChI is InChI=1S/C15H22N2O2/c18-12-7-6-10-8-9-16-14(10)13(12)15(19)17-11-4-2-1-3-5-11/h10-11,18H,1-9H2,(H,17,19). The summed E-state index contributed by atoms with van der Waals surface area (Å²) >= 11 is 0. The molecule has 4 nitrogen and oxygen atoms in total. The van der Waals surface area contributed by atoms with Gasteiger partial charge in [0.25, 0.3) is 5.91 Å². The Labute approximate surface area is 114 Å². The fourth-order valence-electron chi connectivity index (χ4n) is 3.51. The molecule has 2 N–H and O–H groups in total. The van der Waals surface area contributed by atoms with Crippen LogP contribution < -0.4 is 5.32 Å². The molecule has 1 atom stereocenters. The Kier molecular flexibility index (Phi) is 3.58. The van der Waals surface area contributed by atoms with Crippen molar-refractivity contribution in [2.24, 2.45) is 10.9 Å². The van der Waals surface area contributed by atoms with Crippen molar-refractivity contribution in [3.63, 3.8) is 0 Å². The lowest BCUT2D eigenvalue weighted by atomic mass is 9.84. The second-order valence-electron chi connectivity index (χ2n) is 5.92. The largest absolute Gasteiger partial charge is 0.511 e. The minimum atomic E-state index is -0.102. The molecule has 1 fully saturated rings. The van der Waals surface area contributed by atoms with Crippen LogP contribution in [0.1, 0.15) is 51.4 Å². The monoisotopic (exact) mass is 262 g/mol. The molecule has 0 radical (unpaired) electrons. The number of nitrogens with one attached hydrogen (secondary N) is 1. The molecule has 3 aliphatic rings. The van der Waals surface area contributed by atoms with E-state index in [0.717, 1.165) is 37.9 Å². The normalized spacial score (nSPS) is 28.0. The highest BCUT2D eigenvalue weighted by molar-refractivity contribution is 6.23. The first kappa shape index (κ1) is 12.7. The van der Waals surface area contributed by atoms with Gasteiger partial charge in [-0.2, -0.15) is 0 Å². The van der Waals surface area contributed by atoms with Crippen molar-refractivity contribution in [3.05, 3.63) is 11.3 Å². The summed E-state index contributed by atoms with van der Waals surface area (Å²) in [5, 5.41) is 13.1. The van der Waals surface area contributed by atoms with E-state index >= 15 is 0 Å². The van der Waals surface area contributed by atoms with Crippen LogP contribution in [0, 0.1) is 5.92 Å². The van der Waals surface area contributed by atoms with Gasteiger partial charge in [0, 0.05) is 24.9 Å². The van der Waals surface area contributed by atoms with Gasteiger partial charge in [-0.05, 0) is 25.7 Å². The number of aliphatic imine (C=N–C) groups is 1. The molecule has 3 rings (SSSR count). The van der Waals surface area contributed by atoms with E-state index in [0.29, 0.717) is 17.9 Å². The van der Waals surface area contributed by atoms with Gasteiger partial charge in [0.15, 0.2) is 0 Å². The van der Waals surface area contributed by atoms with E-state index in [9.17, 15) is 9.90 Å². The maximum absolute atomic E-state index is 12.4. The first-order valence-corrected chi connectivity index (χ1v) is 7.53. The lowest BCUT2D eigenvalue weighted by Crippen LogP contribution is -2.40. The van der Waals surface area contributed by atoms with Crippen molar-refractivity contribution in [1.82, 2.24) is 5.32 Å². The molecule has 0 spiro atoms. The van der Waals surface area contributed by atoms with E-state index < -0.39 is 0 Å². The lowest BCUT2D eigenvalue weighted by molar-refractivity contribution is -0.118. The van der Waals surface area contributed by atoms with Crippen LogP contribution in [0.4, 0.5) is 0 Å².